The smallest absolute Gasteiger partial charge is 0.357 e. The highest BCUT2D eigenvalue weighted by Crippen LogP contribution is 2.35. The highest BCUT2D eigenvalue weighted by molar-refractivity contribution is 7.15. The summed E-state index contributed by atoms with van der Waals surface area (Å²) in [6.07, 6.45) is -3.13. The molecule has 2 rings (SSSR count). The lowest BCUT2D eigenvalue weighted by Crippen LogP contribution is -2.14. The number of halogens is 3. The molecule has 8 heteroatoms. The number of rotatable bonds is 6. The van der Waals surface area contributed by atoms with E-state index in [1.807, 2.05) is 19.9 Å². The number of anilines is 2. The van der Waals surface area contributed by atoms with Gasteiger partial charge in [-0.2, -0.15) is 13.2 Å². The van der Waals surface area contributed by atoms with Crippen LogP contribution in [0.1, 0.15) is 30.7 Å². The predicted molar refractivity (Wildman–Crippen MR) is 89.0 cm³/mol. The van der Waals surface area contributed by atoms with Gasteiger partial charge in [0, 0.05) is 18.7 Å². The van der Waals surface area contributed by atoms with Crippen molar-refractivity contribution in [1.29, 1.82) is 0 Å². The van der Waals surface area contributed by atoms with E-state index in [0.717, 1.165) is 11.8 Å². The van der Waals surface area contributed by atoms with Crippen LogP contribution >= 0.6 is 11.3 Å². The first-order valence-electron chi connectivity index (χ1n) is 7.39. The van der Waals surface area contributed by atoms with Gasteiger partial charge in [-0.25, -0.2) is 4.98 Å². The molecule has 0 bridgehead atoms. The lowest BCUT2D eigenvalue weighted by atomic mass is 10.1. The number of benzene rings is 1. The summed E-state index contributed by atoms with van der Waals surface area (Å²) in [6.45, 7) is 4.24. The fourth-order valence-corrected chi connectivity index (χ4v) is 2.69. The summed E-state index contributed by atoms with van der Waals surface area (Å²) in [5.41, 5.74) is 1.50. The van der Waals surface area contributed by atoms with Crippen LogP contribution in [-0.4, -0.2) is 10.9 Å². The average Bonchev–Trinajstić information content (AvgIpc) is 2.93. The molecule has 1 heterocycles. The molecule has 0 aliphatic rings. The molecule has 1 amide bonds. The van der Waals surface area contributed by atoms with Crippen LogP contribution < -0.4 is 10.6 Å². The van der Waals surface area contributed by atoms with Gasteiger partial charge in [-0.3, -0.25) is 4.79 Å². The number of alkyl halides is 3. The third-order valence-corrected chi connectivity index (χ3v) is 4.03. The minimum atomic E-state index is -4.38. The Morgan fingerprint density at radius 2 is 2.08 bits per heavy atom. The summed E-state index contributed by atoms with van der Waals surface area (Å²) < 4.78 is 37.6. The van der Waals surface area contributed by atoms with E-state index in [1.165, 1.54) is 0 Å². The van der Waals surface area contributed by atoms with Gasteiger partial charge in [0.1, 0.15) is 4.88 Å². The summed E-state index contributed by atoms with van der Waals surface area (Å²) in [7, 11) is 0. The Balaban J connectivity index is 1.95. The number of nitrogens with zero attached hydrogens (tertiary/aromatic N) is 1. The topological polar surface area (TPSA) is 54.0 Å². The summed E-state index contributed by atoms with van der Waals surface area (Å²) in [4.78, 5) is 14.8. The van der Waals surface area contributed by atoms with E-state index in [-0.39, 0.29) is 17.0 Å². The fraction of sp³-hybridized carbons (Fsp3) is 0.375. The second-order valence-electron chi connectivity index (χ2n) is 5.73. The second-order valence-corrected chi connectivity index (χ2v) is 6.76. The minimum Gasteiger partial charge on any atom is -0.357 e. The largest absolute Gasteiger partial charge is 0.427 e. The van der Waals surface area contributed by atoms with Crippen molar-refractivity contribution in [3.05, 3.63) is 40.9 Å². The third kappa shape index (κ3) is 5.52. The van der Waals surface area contributed by atoms with Crippen LogP contribution in [0.2, 0.25) is 0 Å². The standard InChI is InChI=1S/C16H18F3N3OS/c1-10(2)6-14(23)22-12-5-3-4-11(7-12)8-20-15-21-9-13(24-15)16(17,18)19/h3-5,7,9-10H,6,8H2,1-2H3,(H,20,21)(H,22,23). The maximum Gasteiger partial charge on any atom is 0.427 e. The lowest BCUT2D eigenvalue weighted by Gasteiger charge is -2.09. The van der Waals surface area contributed by atoms with Crippen molar-refractivity contribution < 1.29 is 18.0 Å². The van der Waals surface area contributed by atoms with E-state index in [0.29, 0.717) is 30.0 Å². The summed E-state index contributed by atoms with van der Waals surface area (Å²) in [5, 5.41) is 5.87. The molecule has 0 aliphatic carbocycles. The minimum absolute atomic E-state index is 0.0650. The van der Waals surface area contributed by atoms with Crippen molar-refractivity contribution in [3.8, 4) is 0 Å². The molecule has 2 aromatic rings. The Labute approximate surface area is 142 Å². The molecule has 24 heavy (non-hydrogen) atoms. The summed E-state index contributed by atoms with van der Waals surface area (Å²) in [6, 6.07) is 7.16. The predicted octanol–water partition coefficient (Wildman–Crippen LogP) is 4.76. The van der Waals surface area contributed by atoms with E-state index in [4.69, 9.17) is 0 Å². The van der Waals surface area contributed by atoms with Crippen molar-refractivity contribution in [1.82, 2.24) is 4.98 Å². The number of thiazole rings is 1. The van der Waals surface area contributed by atoms with Crippen molar-refractivity contribution in [2.24, 2.45) is 5.92 Å². The fourth-order valence-electron chi connectivity index (χ4n) is 2.01. The monoisotopic (exact) mass is 357 g/mol. The molecule has 0 unspecified atom stereocenters. The highest BCUT2D eigenvalue weighted by atomic mass is 32.1. The molecule has 0 saturated carbocycles. The molecule has 2 N–H and O–H groups in total. The Hall–Kier alpha value is -2.09. The molecule has 1 aromatic heterocycles. The third-order valence-electron chi connectivity index (χ3n) is 3.03. The van der Waals surface area contributed by atoms with E-state index >= 15 is 0 Å². The first-order chi connectivity index (χ1) is 11.2. The van der Waals surface area contributed by atoms with E-state index in [9.17, 15) is 18.0 Å². The van der Waals surface area contributed by atoms with E-state index < -0.39 is 11.1 Å². The number of hydrogen-bond donors (Lipinski definition) is 2. The van der Waals surface area contributed by atoms with Crippen LogP contribution in [0.15, 0.2) is 30.5 Å². The molecule has 0 fully saturated rings. The van der Waals surface area contributed by atoms with Crippen LogP contribution in [-0.2, 0) is 17.5 Å². The maximum atomic E-state index is 12.5. The van der Waals surface area contributed by atoms with Gasteiger partial charge in [-0.05, 0) is 23.6 Å². The number of hydrogen-bond acceptors (Lipinski definition) is 4. The van der Waals surface area contributed by atoms with Crippen LogP contribution in [0.4, 0.5) is 24.0 Å². The zero-order valence-corrected chi connectivity index (χ0v) is 14.1. The van der Waals surface area contributed by atoms with Crippen molar-refractivity contribution in [2.45, 2.75) is 33.0 Å². The maximum absolute atomic E-state index is 12.5. The molecular weight excluding hydrogens is 339 g/mol. The first-order valence-corrected chi connectivity index (χ1v) is 8.21. The zero-order chi connectivity index (χ0) is 17.7. The molecule has 0 saturated heterocycles. The van der Waals surface area contributed by atoms with Crippen molar-refractivity contribution >= 4 is 28.1 Å². The second kappa shape index (κ2) is 7.65. The number of carbonyl (C=O) groups excluding carboxylic acids is 1. The SMILES string of the molecule is CC(C)CC(=O)Nc1cccc(CNc2ncc(C(F)(F)F)s2)c1. The Morgan fingerprint density at radius 1 is 1.33 bits per heavy atom. The van der Waals surface area contributed by atoms with Gasteiger partial charge in [0.05, 0.1) is 6.20 Å². The van der Waals surface area contributed by atoms with Gasteiger partial charge in [0.15, 0.2) is 5.13 Å². The molecule has 4 nitrogen and oxygen atoms in total. The van der Waals surface area contributed by atoms with Crippen LogP contribution in [0, 0.1) is 5.92 Å². The Morgan fingerprint density at radius 3 is 2.71 bits per heavy atom. The quantitative estimate of drug-likeness (QED) is 0.784. The van der Waals surface area contributed by atoms with Gasteiger partial charge >= 0.3 is 6.18 Å². The van der Waals surface area contributed by atoms with E-state index in [2.05, 4.69) is 15.6 Å². The number of carbonyl (C=O) groups is 1. The van der Waals surface area contributed by atoms with Crippen LogP contribution in [0.25, 0.3) is 0 Å². The average molecular weight is 357 g/mol. The Bertz CT molecular complexity index is 698. The van der Waals surface area contributed by atoms with Crippen molar-refractivity contribution in [3.63, 3.8) is 0 Å². The molecule has 0 atom stereocenters. The molecule has 130 valence electrons. The molecule has 0 spiro atoms. The van der Waals surface area contributed by atoms with Gasteiger partial charge in [0.2, 0.25) is 5.91 Å². The van der Waals surface area contributed by atoms with Gasteiger partial charge in [-0.15, -0.1) is 0 Å². The molecule has 0 radical (unpaired) electrons. The Kier molecular flexibility index (Phi) is 5.82. The summed E-state index contributed by atoms with van der Waals surface area (Å²) in [5.74, 6) is 0.201. The van der Waals surface area contributed by atoms with Crippen molar-refractivity contribution in [2.75, 3.05) is 10.6 Å². The molecule has 0 aliphatic heterocycles. The van der Waals surface area contributed by atoms with Gasteiger partial charge in [0.25, 0.3) is 0 Å². The van der Waals surface area contributed by atoms with E-state index in [1.54, 1.807) is 18.2 Å². The van der Waals surface area contributed by atoms with Crippen LogP contribution in [0.3, 0.4) is 0 Å². The molecular formula is C16H18F3N3OS. The van der Waals surface area contributed by atoms with Crippen LogP contribution in [0.5, 0.6) is 0 Å². The number of amides is 1. The highest BCUT2D eigenvalue weighted by Gasteiger charge is 2.33. The zero-order valence-electron chi connectivity index (χ0n) is 13.3. The van der Waals surface area contributed by atoms with Gasteiger partial charge < -0.3 is 10.6 Å². The van der Waals surface area contributed by atoms with Gasteiger partial charge in [-0.1, -0.05) is 37.3 Å². The first kappa shape index (κ1) is 18.3. The molecule has 1 aromatic carbocycles. The number of aromatic nitrogens is 1. The summed E-state index contributed by atoms with van der Waals surface area (Å²) >= 11 is 0.564. The number of nitrogens with one attached hydrogen (secondary N) is 2. The normalized spacial score (nSPS) is 11.6. The lowest BCUT2D eigenvalue weighted by molar-refractivity contribution is -0.134.